The summed E-state index contributed by atoms with van der Waals surface area (Å²) in [6, 6.07) is 9.58. The van der Waals surface area contributed by atoms with Crippen molar-refractivity contribution in [1.29, 1.82) is 0 Å². The van der Waals surface area contributed by atoms with Gasteiger partial charge in [-0.1, -0.05) is 0 Å². The summed E-state index contributed by atoms with van der Waals surface area (Å²) in [4.78, 5) is 18.1. The van der Waals surface area contributed by atoms with Crippen LogP contribution in [0, 0.1) is 0 Å². The van der Waals surface area contributed by atoms with Gasteiger partial charge in [0.15, 0.2) is 0 Å². The molecule has 0 bridgehead atoms. The number of aromatic nitrogens is 1. The number of nitrogens with zero attached hydrogens (tertiary/aromatic N) is 2. The smallest absolute Gasteiger partial charge is 0.253 e. The third-order valence-electron chi connectivity index (χ3n) is 4.02. The highest BCUT2D eigenvalue weighted by Crippen LogP contribution is 2.16. The van der Waals surface area contributed by atoms with Gasteiger partial charge in [-0.25, -0.2) is 13.1 Å². The lowest BCUT2D eigenvalue weighted by Gasteiger charge is -2.15. The van der Waals surface area contributed by atoms with E-state index in [1.54, 1.807) is 41.6 Å². The van der Waals surface area contributed by atoms with Crippen LogP contribution in [0.25, 0.3) is 0 Å². The van der Waals surface area contributed by atoms with Crippen LogP contribution in [-0.4, -0.2) is 37.3 Å². The molecule has 7 heteroatoms. The fourth-order valence-corrected chi connectivity index (χ4v) is 3.66. The number of rotatable bonds is 5. The highest BCUT2D eigenvalue weighted by Gasteiger charge is 2.20. The van der Waals surface area contributed by atoms with Crippen molar-refractivity contribution in [2.45, 2.75) is 24.3 Å². The number of pyridine rings is 1. The lowest BCUT2D eigenvalue weighted by atomic mass is 10.2. The molecule has 1 fully saturated rings. The van der Waals surface area contributed by atoms with Crippen LogP contribution in [0.5, 0.6) is 0 Å². The lowest BCUT2D eigenvalue weighted by Crippen LogP contribution is -2.27. The van der Waals surface area contributed by atoms with Crippen LogP contribution in [0.15, 0.2) is 53.7 Å². The molecule has 1 aliphatic heterocycles. The van der Waals surface area contributed by atoms with Gasteiger partial charge in [0.2, 0.25) is 10.0 Å². The lowest BCUT2D eigenvalue weighted by molar-refractivity contribution is 0.0792. The zero-order valence-electron chi connectivity index (χ0n) is 13.2. The maximum absolute atomic E-state index is 12.3. The molecule has 0 radical (unpaired) electrons. The Balaban J connectivity index is 1.68. The zero-order valence-corrected chi connectivity index (χ0v) is 14.0. The summed E-state index contributed by atoms with van der Waals surface area (Å²) in [5, 5.41) is 0. The topological polar surface area (TPSA) is 79.4 Å². The maximum atomic E-state index is 12.3. The van der Waals surface area contributed by atoms with E-state index in [1.165, 1.54) is 12.1 Å². The molecule has 1 aromatic heterocycles. The summed E-state index contributed by atoms with van der Waals surface area (Å²) < 4.78 is 27.2. The van der Waals surface area contributed by atoms with E-state index in [9.17, 15) is 13.2 Å². The first-order valence-electron chi connectivity index (χ1n) is 7.84. The fraction of sp³-hybridized carbons (Fsp3) is 0.294. The predicted molar refractivity (Wildman–Crippen MR) is 89.8 cm³/mol. The highest BCUT2D eigenvalue weighted by atomic mass is 32.2. The minimum atomic E-state index is -3.62. The van der Waals surface area contributed by atoms with Crippen molar-refractivity contribution in [2.75, 3.05) is 13.1 Å². The van der Waals surface area contributed by atoms with Gasteiger partial charge >= 0.3 is 0 Å². The minimum absolute atomic E-state index is 0.0406. The van der Waals surface area contributed by atoms with Crippen molar-refractivity contribution < 1.29 is 13.2 Å². The maximum Gasteiger partial charge on any atom is 0.253 e. The molecule has 1 aliphatic rings. The first kappa shape index (κ1) is 16.6. The number of carbonyl (C=O) groups is 1. The van der Waals surface area contributed by atoms with Crippen molar-refractivity contribution in [2.24, 2.45) is 0 Å². The SMILES string of the molecule is O=C(c1ccc(S(=O)(=O)NCc2ccncc2)cc1)N1CCCC1. The molecule has 1 amide bonds. The summed E-state index contributed by atoms with van der Waals surface area (Å²) in [6.45, 7) is 1.73. The van der Waals surface area contributed by atoms with Crippen LogP contribution in [0.1, 0.15) is 28.8 Å². The molecular weight excluding hydrogens is 326 g/mol. The standard InChI is InChI=1S/C17H19N3O3S/c21-17(20-11-1-2-12-20)15-3-5-16(6-4-15)24(22,23)19-13-14-7-9-18-10-8-14/h3-10,19H,1-2,11-13H2. The van der Waals surface area contributed by atoms with Crippen molar-refractivity contribution in [3.63, 3.8) is 0 Å². The van der Waals surface area contributed by atoms with E-state index < -0.39 is 10.0 Å². The minimum Gasteiger partial charge on any atom is -0.339 e. The van der Waals surface area contributed by atoms with Crippen LogP contribution in [0.4, 0.5) is 0 Å². The van der Waals surface area contributed by atoms with Crippen LogP contribution < -0.4 is 4.72 Å². The number of amides is 1. The van der Waals surface area contributed by atoms with Crippen LogP contribution in [-0.2, 0) is 16.6 Å². The van der Waals surface area contributed by atoms with Gasteiger partial charge in [-0.15, -0.1) is 0 Å². The second kappa shape index (κ2) is 7.11. The number of carbonyl (C=O) groups excluding carboxylic acids is 1. The van der Waals surface area contributed by atoms with E-state index >= 15 is 0 Å². The van der Waals surface area contributed by atoms with Crippen LogP contribution in [0.3, 0.4) is 0 Å². The molecule has 1 aromatic carbocycles. The Labute approximate surface area is 141 Å². The van der Waals surface area contributed by atoms with Gasteiger partial charge < -0.3 is 4.90 Å². The summed E-state index contributed by atoms with van der Waals surface area (Å²) in [5.74, 6) is -0.0406. The summed E-state index contributed by atoms with van der Waals surface area (Å²) in [5.41, 5.74) is 1.35. The Morgan fingerprint density at radius 3 is 2.29 bits per heavy atom. The molecular formula is C17H19N3O3S. The molecule has 1 saturated heterocycles. The van der Waals surface area contributed by atoms with Crippen LogP contribution >= 0.6 is 0 Å². The van der Waals surface area contributed by atoms with Gasteiger partial charge in [0.1, 0.15) is 0 Å². The van der Waals surface area contributed by atoms with Gasteiger partial charge in [0, 0.05) is 37.6 Å². The van der Waals surface area contributed by atoms with Crippen LogP contribution in [0.2, 0.25) is 0 Å². The Bertz CT molecular complexity index is 799. The summed E-state index contributed by atoms with van der Waals surface area (Å²) >= 11 is 0. The molecule has 126 valence electrons. The van der Waals surface area contributed by atoms with Gasteiger partial charge in [0.25, 0.3) is 5.91 Å². The number of sulfonamides is 1. The molecule has 2 heterocycles. The largest absolute Gasteiger partial charge is 0.339 e. The molecule has 24 heavy (non-hydrogen) atoms. The molecule has 0 saturated carbocycles. The number of nitrogens with one attached hydrogen (secondary N) is 1. The monoisotopic (exact) mass is 345 g/mol. The summed E-state index contributed by atoms with van der Waals surface area (Å²) in [6.07, 6.45) is 5.28. The van der Waals surface area contributed by atoms with Gasteiger partial charge in [0.05, 0.1) is 4.90 Å². The Morgan fingerprint density at radius 1 is 1.04 bits per heavy atom. The normalized spacial score (nSPS) is 14.8. The Morgan fingerprint density at radius 2 is 1.67 bits per heavy atom. The number of benzene rings is 1. The molecule has 0 aliphatic carbocycles. The Kier molecular flexibility index (Phi) is 4.92. The van der Waals surface area contributed by atoms with E-state index in [0.29, 0.717) is 5.56 Å². The van der Waals surface area contributed by atoms with E-state index in [1.807, 2.05) is 0 Å². The third kappa shape index (κ3) is 3.80. The number of hydrogen-bond acceptors (Lipinski definition) is 4. The second-order valence-electron chi connectivity index (χ2n) is 5.70. The van der Waals surface area contributed by atoms with E-state index in [-0.39, 0.29) is 17.3 Å². The zero-order chi connectivity index (χ0) is 17.0. The van der Waals surface area contributed by atoms with Crippen molar-refractivity contribution in [3.8, 4) is 0 Å². The van der Waals surface area contributed by atoms with Gasteiger partial charge in [-0.3, -0.25) is 9.78 Å². The first-order chi connectivity index (χ1) is 11.6. The van der Waals surface area contributed by atoms with E-state index in [2.05, 4.69) is 9.71 Å². The number of hydrogen-bond donors (Lipinski definition) is 1. The van der Waals surface area contributed by atoms with Gasteiger partial charge in [-0.05, 0) is 54.8 Å². The summed E-state index contributed by atoms with van der Waals surface area (Å²) in [7, 11) is -3.62. The van der Waals surface area contributed by atoms with Crippen molar-refractivity contribution >= 4 is 15.9 Å². The molecule has 3 rings (SSSR count). The quantitative estimate of drug-likeness (QED) is 0.896. The van der Waals surface area contributed by atoms with Crippen molar-refractivity contribution in [3.05, 3.63) is 59.9 Å². The highest BCUT2D eigenvalue weighted by molar-refractivity contribution is 7.89. The van der Waals surface area contributed by atoms with E-state index in [0.717, 1.165) is 31.5 Å². The van der Waals surface area contributed by atoms with Gasteiger partial charge in [-0.2, -0.15) is 0 Å². The fourth-order valence-electron chi connectivity index (χ4n) is 2.64. The first-order valence-corrected chi connectivity index (χ1v) is 9.32. The predicted octanol–water partition coefficient (Wildman–Crippen LogP) is 1.80. The average molecular weight is 345 g/mol. The third-order valence-corrected chi connectivity index (χ3v) is 5.44. The average Bonchev–Trinajstić information content (AvgIpc) is 3.15. The molecule has 0 unspecified atom stereocenters. The molecule has 0 atom stereocenters. The molecule has 1 N–H and O–H groups in total. The molecule has 2 aromatic rings. The number of likely N-dealkylation sites (tertiary alicyclic amines) is 1. The Hall–Kier alpha value is -2.25. The van der Waals surface area contributed by atoms with E-state index in [4.69, 9.17) is 0 Å². The molecule has 0 spiro atoms. The second-order valence-corrected chi connectivity index (χ2v) is 7.47. The van der Waals surface area contributed by atoms with Crippen molar-refractivity contribution in [1.82, 2.24) is 14.6 Å². The molecule has 6 nitrogen and oxygen atoms in total.